The number of pyridine rings is 1. The molecule has 28 heavy (non-hydrogen) atoms. The Labute approximate surface area is 165 Å². The lowest BCUT2D eigenvalue weighted by Gasteiger charge is -2.15. The van der Waals surface area contributed by atoms with Crippen LogP contribution < -0.4 is 4.74 Å². The van der Waals surface area contributed by atoms with Crippen molar-refractivity contribution < 1.29 is 4.74 Å². The topological polar surface area (TPSA) is 39.9 Å². The minimum atomic E-state index is 0.810. The lowest BCUT2D eigenvalue weighted by molar-refractivity contribution is 0.418. The van der Waals surface area contributed by atoms with Crippen molar-refractivity contribution in [3.8, 4) is 16.9 Å². The van der Waals surface area contributed by atoms with Crippen LogP contribution in [0, 0.1) is 6.92 Å². The molecule has 0 unspecified atom stereocenters. The van der Waals surface area contributed by atoms with Crippen molar-refractivity contribution in [2.24, 2.45) is 0 Å². The molecule has 0 N–H and O–H groups in total. The van der Waals surface area contributed by atoms with E-state index >= 15 is 0 Å². The average Bonchev–Trinajstić information content (AvgIpc) is 3.21. The Morgan fingerprint density at radius 3 is 2.68 bits per heavy atom. The lowest BCUT2D eigenvalue weighted by Crippen LogP contribution is -1.99. The minimum absolute atomic E-state index is 0.810. The molecular weight excluding hydrogens is 346 g/mol. The molecule has 0 aliphatic heterocycles. The van der Waals surface area contributed by atoms with Crippen LogP contribution in [0.3, 0.4) is 0 Å². The summed E-state index contributed by atoms with van der Waals surface area (Å²) >= 11 is 0. The maximum atomic E-state index is 5.60. The molecule has 0 aliphatic carbocycles. The molecule has 0 saturated heterocycles. The molecule has 4 heteroatoms. The van der Waals surface area contributed by atoms with E-state index in [1.165, 1.54) is 27.8 Å². The Morgan fingerprint density at radius 1 is 1.04 bits per heavy atom. The number of aryl methyl sites for hydroxylation is 2. The second-order valence-corrected chi connectivity index (χ2v) is 7.20. The number of hydrogen-bond donors (Lipinski definition) is 0. The molecule has 0 aliphatic rings. The summed E-state index contributed by atoms with van der Waals surface area (Å²) in [6.45, 7) is 5.13. The van der Waals surface area contributed by atoms with Gasteiger partial charge in [0.1, 0.15) is 11.3 Å². The number of fused-ring (bicyclic) bond motifs is 1. The molecule has 4 aromatic rings. The first-order chi connectivity index (χ1) is 13.7. The fraction of sp³-hybridized carbons (Fsp3) is 0.250. The summed E-state index contributed by atoms with van der Waals surface area (Å²) in [4.78, 5) is 8.76. The van der Waals surface area contributed by atoms with Crippen molar-refractivity contribution in [3.05, 3.63) is 78.0 Å². The monoisotopic (exact) mass is 371 g/mol. The Morgan fingerprint density at radius 2 is 1.93 bits per heavy atom. The second-order valence-electron chi connectivity index (χ2n) is 7.20. The third-order valence-corrected chi connectivity index (χ3v) is 5.08. The van der Waals surface area contributed by atoms with Gasteiger partial charge in [0.05, 0.1) is 13.4 Å². The van der Waals surface area contributed by atoms with Gasteiger partial charge in [-0.15, -0.1) is 0 Å². The van der Waals surface area contributed by atoms with E-state index in [4.69, 9.17) is 4.74 Å². The Balaban J connectivity index is 1.90. The number of aromatic nitrogens is 3. The number of rotatable bonds is 6. The van der Waals surface area contributed by atoms with Crippen LogP contribution in [0.5, 0.6) is 5.75 Å². The molecule has 0 atom stereocenters. The SMILES string of the molecule is CCCc1ccc(Cn2ccnc2)cc1-c1ccnc2c(OC)cc(C)cc12. The largest absolute Gasteiger partial charge is 0.494 e. The van der Waals surface area contributed by atoms with Crippen LogP contribution in [-0.2, 0) is 13.0 Å². The second kappa shape index (κ2) is 7.85. The lowest BCUT2D eigenvalue weighted by atomic mass is 9.92. The number of imidazole rings is 1. The number of nitrogens with zero attached hydrogens (tertiary/aromatic N) is 3. The fourth-order valence-electron chi connectivity index (χ4n) is 3.80. The highest BCUT2D eigenvalue weighted by molar-refractivity contribution is 5.98. The van der Waals surface area contributed by atoms with Crippen molar-refractivity contribution in [2.75, 3.05) is 7.11 Å². The van der Waals surface area contributed by atoms with Gasteiger partial charge in [-0.25, -0.2) is 4.98 Å². The summed E-state index contributed by atoms with van der Waals surface area (Å²) < 4.78 is 7.69. The third kappa shape index (κ3) is 3.50. The molecule has 2 aromatic heterocycles. The van der Waals surface area contributed by atoms with Gasteiger partial charge in [-0.1, -0.05) is 25.5 Å². The number of ether oxygens (including phenoxy) is 1. The zero-order valence-corrected chi connectivity index (χ0v) is 16.6. The van der Waals surface area contributed by atoms with E-state index in [0.717, 1.165) is 36.0 Å². The van der Waals surface area contributed by atoms with Crippen LogP contribution in [-0.4, -0.2) is 21.6 Å². The third-order valence-electron chi connectivity index (χ3n) is 5.08. The van der Waals surface area contributed by atoms with E-state index in [9.17, 15) is 0 Å². The molecule has 0 radical (unpaired) electrons. The van der Waals surface area contributed by atoms with Gasteiger partial charge in [-0.2, -0.15) is 0 Å². The van der Waals surface area contributed by atoms with Gasteiger partial charge in [-0.3, -0.25) is 4.98 Å². The molecule has 0 bridgehead atoms. The summed E-state index contributed by atoms with van der Waals surface area (Å²) in [5, 5.41) is 1.14. The van der Waals surface area contributed by atoms with E-state index in [0.29, 0.717) is 0 Å². The summed E-state index contributed by atoms with van der Waals surface area (Å²) in [5.41, 5.74) is 7.20. The maximum absolute atomic E-state index is 5.60. The van der Waals surface area contributed by atoms with Crippen molar-refractivity contribution in [3.63, 3.8) is 0 Å². The Kier molecular flexibility index (Phi) is 5.11. The highest BCUT2D eigenvalue weighted by Crippen LogP contribution is 2.35. The first kappa shape index (κ1) is 18.2. The zero-order chi connectivity index (χ0) is 19.5. The van der Waals surface area contributed by atoms with Gasteiger partial charge in [0.25, 0.3) is 0 Å². The van der Waals surface area contributed by atoms with E-state index in [1.807, 2.05) is 31.0 Å². The van der Waals surface area contributed by atoms with Crippen LogP contribution in [0.1, 0.15) is 30.0 Å². The zero-order valence-electron chi connectivity index (χ0n) is 16.6. The molecule has 2 heterocycles. The summed E-state index contributed by atoms with van der Waals surface area (Å²) in [5.74, 6) is 0.823. The summed E-state index contributed by atoms with van der Waals surface area (Å²) in [7, 11) is 1.71. The van der Waals surface area contributed by atoms with Gasteiger partial charge in [-0.05, 0) is 65.4 Å². The first-order valence-corrected chi connectivity index (χ1v) is 9.71. The van der Waals surface area contributed by atoms with Gasteiger partial charge >= 0.3 is 0 Å². The molecule has 0 saturated carbocycles. The Hall–Kier alpha value is -3.14. The highest BCUT2D eigenvalue weighted by atomic mass is 16.5. The minimum Gasteiger partial charge on any atom is -0.494 e. The average molecular weight is 371 g/mol. The van der Waals surface area contributed by atoms with Crippen LogP contribution >= 0.6 is 0 Å². The number of benzene rings is 2. The molecular formula is C24H25N3O. The number of hydrogen-bond acceptors (Lipinski definition) is 3. The van der Waals surface area contributed by atoms with Crippen LogP contribution in [0.4, 0.5) is 0 Å². The van der Waals surface area contributed by atoms with Crippen molar-refractivity contribution in [1.82, 2.24) is 14.5 Å². The standard InChI is InChI=1S/C24H25N3O/c1-4-5-19-7-6-18(15-27-11-10-25-16-27)14-21(19)20-8-9-26-24-22(20)12-17(2)13-23(24)28-3/h6-14,16H,4-5,15H2,1-3H3. The van der Waals surface area contributed by atoms with E-state index in [-0.39, 0.29) is 0 Å². The van der Waals surface area contributed by atoms with Gasteiger partial charge < -0.3 is 9.30 Å². The Bertz CT molecular complexity index is 1100. The summed E-state index contributed by atoms with van der Waals surface area (Å²) in [6.07, 6.45) is 9.71. The van der Waals surface area contributed by atoms with Crippen LogP contribution in [0.25, 0.3) is 22.0 Å². The van der Waals surface area contributed by atoms with E-state index in [1.54, 1.807) is 7.11 Å². The van der Waals surface area contributed by atoms with Crippen LogP contribution in [0.2, 0.25) is 0 Å². The molecule has 142 valence electrons. The maximum Gasteiger partial charge on any atom is 0.145 e. The van der Waals surface area contributed by atoms with E-state index < -0.39 is 0 Å². The molecule has 0 spiro atoms. The predicted molar refractivity (Wildman–Crippen MR) is 114 cm³/mol. The number of methoxy groups -OCH3 is 1. The van der Waals surface area contributed by atoms with Crippen molar-refractivity contribution in [1.29, 1.82) is 0 Å². The predicted octanol–water partition coefficient (Wildman–Crippen LogP) is 5.42. The fourth-order valence-corrected chi connectivity index (χ4v) is 3.80. The van der Waals surface area contributed by atoms with Crippen LogP contribution in [0.15, 0.2) is 61.3 Å². The molecule has 4 rings (SSSR count). The smallest absolute Gasteiger partial charge is 0.145 e. The van der Waals surface area contributed by atoms with Gasteiger partial charge in [0.15, 0.2) is 0 Å². The van der Waals surface area contributed by atoms with Gasteiger partial charge in [0.2, 0.25) is 0 Å². The normalized spacial score (nSPS) is 11.1. The first-order valence-electron chi connectivity index (χ1n) is 9.71. The van der Waals surface area contributed by atoms with Crippen molar-refractivity contribution >= 4 is 10.9 Å². The molecule has 2 aromatic carbocycles. The van der Waals surface area contributed by atoms with Crippen molar-refractivity contribution in [2.45, 2.75) is 33.2 Å². The molecule has 4 nitrogen and oxygen atoms in total. The molecule has 0 fully saturated rings. The van der Waals surface area contributed by atoms with Gasteiger partial charge in [0, 0.05) is 30.5 Å². The highest BCUT2D eigenvalue weighted by Gasteiger charge is 2.13. The molecule has 0 amide bonds. The quantitative estimate of drug-likeness (QED) is 0.454. The van der Waals surface area contributed by atoms with E-state index in [2.05, 4.69) is 58.7 Å². The summed E-state index contributed by atoms with van der Waals surface area (Å²) in [6, 6.07) is 13.2.